The van der Waals surface area contributed by atoms with Gasteiger partial charge in [0.2, 0.25) is 10.0 Å². The molecular weight excluding hydrogens is 318 g/mol. The molecule has 0 spiro atoms. The van der Waals surface area contributed by atoms with Crippen molar-refractivity contribution in [3.63, 3.8) is 0 Å². The van der Waals surface area contributed by atoms with Crippen LogP contribution in [-0.4, -0.2) is 42.0 Å². The van der Waals surface area contributed by atoms with E-state index in [4.69, 9.17) is 0 Å². The zero-order valence-corrected chi connectivity index (χ0v) is 14.3. The minimum atomic E-state index is -3.12. The number of pyridine rings is 1. The smallest absolute Gasteiger partial charge is 0.211 e. The third kappa shape index (κ3) is 3.37. The van der Waals surface area contributed by atoms with Gasteiger partial charge in [-0.2, -0.15) is 0 Å². The molecule has 1 atom stereocenters. The van der Waals surface area contributed by atoms with Crippen LogP contribution in [0.15, 0.2) is 23.7 Å². The number of piperidine rings is 1. The number of thiazole rings is 1. The van der Waals surface area contributed by atoms with Crippen LogP contribution in [0.3, 0.4) is 0 Å². The van der Waals surface area contributed by atoms with Crippen molar-refractivity contribution in [3.05, 3.63) is 35.1 Å². The molecule has 1 aliphatic heterocycles. The second-order valence-electron chi connectivity index (χ2n) is 5.73. The fourth-order valence-corrected chi connectivity index (χ4v) is 4.44. The Labute approximate surface area is 135 Å². The summed E-state index contributed by atoms with van der Waals surface area (Å²) >= 11 is 1.61. The van der Waals surface area contributed by atoms with E-state index in [0.717, 1.165) is 34.8 Å². The minimum absolute atomic E-state index is 0.176. The average molecular weight is 337 g/mol. The molecule has 0 N–H and O–H groups in total. The Bertz CT molecular complexity index is 753. The predicted molar refractivity (Wildman–Crippen MR) is 88.5 cm³/mol. The van der Waals surface area contributed by atoms with Gasteiger partial charge in [0.25, 0.3) is 0 Å². The predicted octanol–water partition coefficient (Wildman–Crippen LogP) is 2.65. The zero-order chi connectivity index (χ0) is 15.7. The summed E-state index contributed by atoms with van der Waals surface area (Å²) in [6.45, 7) is 3.12. The van der Waals surface area contributed by atoms with E-state index in [2.05, 4.69) is 9.97 Å². The van der Waals surface area contributed by atoms with Gasteiger partial charge in [-0.3, -0.25) is 4.98 Å². The highest BCUT2D eigenvalue weighted by atomic mass is 32.2. The van der Waals surface area contributed by atoms with Crippen LogP contribution in [0.4, 0.5) is 0 Å². The zero-order valence-electron chi connectivity index (χ0n) is 12.7. The van der Waals surface area contributed by atoms with Crippen molar-refractivity contribution >= 4 is 21.4 Å². The molecule has 0 amide bonds. The lowest BCUT2D eigenvalue weighted by molar-refractivity contribution is 0.314. The fourth-order valence-electron chi connectivity index (χ4n) is 2.74. The molecule has 2 aromatic heterocycles. The summed E-state index contributed by atoms with van der Waals surface area (Å²) in [5, 5.41) is 2.99. The van der Waals surface area contributed by atoms with E-state index in [1.54, 1.807) is 15.6 Å². The van der Waals surface area contributed by atoms with E-state index in [-0.39, 0.29) is 5.92 Å². The minimum Gasteiger partial charge on any atom is -0.260 e. The number of nitrogens with zero attached hydrogens (tertiary/aromatic N) is 3. The second kappa shape index (κ2) is 6.06. The molecule has 5 nitrogen and oxygen atoms in total. The Morgan fingerprint density at radius 2 is 2.18 bits per heavy atom. The number of aryl methyl sites for hydroxylation is 1. The van der Waals surface area contributed by atoms with Crippen molar-refractivity contribution in [1.29, 1.82) is 0 Å². The molecule has 0 radical (unpaired) electrons. The first kappa shape index (κ1) is 15.6. The van der Waals surface area contributed by atoms with Crippen LogP contribution in [-0.2, 0) is 10.0 Å². The molecule has 7 heteroatoms. The van der Waals surface area contributed by atoms with E-state index >= 15 is 0 Å². The van der Waals surface area contributed by atoms with Crippen LogP contribution in [0.1, 0.15) is 30.1 Å². The number of rotatable bonds is 3. The van der Waals surface area contributed by atoms with E-state index in [1.165, 1.54) is 6.26 Å². The fraction of sp³-hybridized carbons (Fsp3) is 0.467. The lowest BCUT2D eigenvalue weighted by Gasteiger charge is -2.30. The normalized spacial score (nSPS) is 20.2. The maximum Gasteiger partial charge on any atom is 0.211 e. The van der Waals surface area contributed by atoms with Crippen LogP contribution in [0, 0.1) is 6.92 Å². The first-order valence-electron chi connectivity index (χ1n) is 7.27. The molecule has 0 aromatic carbocycles. The maximum atomic E-state index is 11.7. The molecule has 3 heterocycles. The van der Waals surface area contributed by atoms with Crippen molar-refractivity contribution in [2.45, 2.75) is 25.7 Å². The maximum absolute atomic E-state index is 11.7. The number of hydrogen-bond acceptors (Lipinski definition) is 5. The van der Waals surface area contributed by atoms with Gasteiger partial charge in [-0.25, -0.2) is 17.7 Å². The number of hydrogen-bond donors (Lipinski definition) is 0. The summed E-state index contributed by atoms with van der Waals surface area (Å²) < 4.78 is 25.0. The second-order valence-corrected chi connectivity index (χ2v) is 8.57. The SMILES string of the molecule is Cc1csc(-c2ccc([C@H]3CCCN(S(C)(=O)=O)C3)nc2)n1. The van der Waals surface area contributed by atoms with Crippen LogP contribution in [0.2, 0.25) is 0 Å². The van der Waals surface area contributed by atoms with Crippen molar-refractivity contribution in [1.82, 2.24) is 14.3 Å². The van der Waals surface area contributed by atoms with E-state index in [9.17, 15) is 8.42 Å². The van der Waals surface area contributed by atoms with Gasteiger partial charge in [-0.15, -0.1) is 11.3 Å². The van der Waals surface area contributed by atoms with Gasteiger partial charge >= 0.3 is 0 Å². The van der Waals surface area contributed by atoms with Crippen molar-refractivity contribution in [3.8, 4) is 10.6 Å². The molecule has 0 bridgehead atoms. The van der Waals surface area contributed by atoms with Crippen LogP contribution in [0.25, 0.3) is 10.6 Å². The summed E-state index contributed by atoms with van der Waals surface area (Å²) in [5.41, 5.74) is 2.99. The monoisotopic (exact) mass is 337 g/mol. The third-order valence-corrected chi connectivity index (χ3v) is 6.20. The molecule has 118 valence electrons. The Morgan fingerprint density at radius 1 is 1.36 bits per heavy atom. The van der Waals surface area contributed by atoms with Gasteiger partial charge < -0.3 is 0 Å². The standard InChI is InChI=1S/C15H19N3O2S2/c1-11-10-21-15(17-11)12-5-6-14(16-8-12)13-4-3-7-18(9-13)22(2,19)20/h5-6,8,10,13H,3-4,7,9H2,1-2H3/t13-/m0/s1. The van der Waals surface area contributed by atoms with E-state index < -0.39 is 10.0 Å². The van der Waals surface area contributed by atoms with Gasteiger partial charge in [-0.05, 0) is 31.9 Å². The Hall–Kier alpha value is -1.31. The molecule has 3 rings (SSSR count). The quantitative estimate of drug-likeness (QED) is 0.864. The van der Waals surface area contributed by atoms with Crippen molar-refractivity contribution in [2.75, 3.05) is 19.3 Å². The van der Waals surface area contributed by atoms with E-state index in [1.807, 2.05) is 30.6 Å². The summed E-state index contributed by atoms with van der Waals surface area (Å²) in [5.74, 6) is 0.176. The summed E-state index contributed by atoms with van der Waals surface area (Å²) in [6, 6.07) is 4.03. The lowest BCUT2D eigenvalue weighted by atomic mass is 9.95. The van der Waals surface area contributed by atoms with Gasteiger partial charge in [0.15, 0.2) is 0 Å². The van der Waals surface area contributed by atoms with Crippen molar-refractivity contribution in [2.24, 2.45) is 0 Å². The van der Waals surface area contributed by atoms with Gasteiger partial charge in [0, 0.05) is 47.5 Å². The van der Waals surface area contributed by atoms with Crippen LogP contribution in [0.5, 0.6) is 0 Å². The van der Waals surface area contributed by atoms with Crippen LogP contribution < -0.4 is 0 Å². The lowest BCUT2D eigenvalue weighted by Crippen LogP contribution is -2.38. The van der Waals surface area contributed by atoms with Gasteiger partial charge in [0.1, 0.15) is 5.01 Å². The van der Waals surface area contributed by atoms with Gasteiger partial charge in [0.05, 0.1) is 6.26 Å². The Balaban J connectivity index is 1.78. The summed E-state index contributed by atoms with van der Waals surface area (Å²) in [6.07, 6.45) is 4.98. The number of sulfonamides is 1. The number of aromatic nitrogens is 2. The molecule has 1 fully saturated rings. The molecule has 22 heavy (non-hydrogen) atoms. The highest BCUT2D eigenvalue weighted by Gasteiger charge is 2.27. The first-order chi connectivity index (χ1) is 10.4. The Kier molecular flexibility index (Phi) is 4.29. The summed E-state index contributed by atoms with van der Waals surface area (Å²) in [4.78, 5) is 9.01. The molecule has 1 saturated heterocycles. The molecule has 0 saturated carbocycles. The molecule has 2 aromatic rings. The highest BCUT2D eigenvalue weighted by molar-refractivity contribution is 7.88. The molecule has 0 unspecified atom stereocenters. The average Bonchev–Trinajstić information content (AvgIpc) is 2.93. The highest BCUT2D eigenvalue weighted by Crippen LogP contribution is 2.29. The summed E-state index contributed by atoms with van der Waals surface area (Å²) in [7, 11) is -3.12. The molecule has 1 aliphatic rings. The Morgan fingerprint density at radius 3 is 2.77 bits per heavy atom. The third-order valence-electron chi connectivity index (χ3n) is 3.92. The largest absolute Gasteiger partial charge is 0.260 e. The topological polar surface area (TPSA) is 63.2 Å². The van der Waals surface area contributed by atoms with E-state index in [0.29, 0.717) is 13.1 Å². The molecular formula is C15H19N3O2S2. The van der Waals surface area contributed by atoms with Crippen molar-refractivity contribution < 1.29 is 8.42 Å². The first-order valence-corrected chi connectivity index (χ1v) is 10.00. The van der Waals surface area contributed by atoms with Gasteiger partial charge in [-0.1, -0.05) is 0 Å². The molecule has 0 aliphatic carbocycles. The van der Waals surface area contributed by atoms with Crippen LogP contribution >= 0.6 is 11.3 Å².